The third kappa shape index (κ3) is 3.25. The average molecular weight is 546 g/mol. The van der Waals surface area contributed by atoms with Gasteiger partial charge in [-0.3, -0.25) is 0 Å². The van der Waals surface area contributed by atoms with Gasteiger partial charge in [-0.2, -0.15) is 5.26 Å². The lowest BCUT2D eigenvalue weighted by Gasteiger charge is -2.45. The van der Waals surface area contributed by atoms with Gasteiger partial charge < -0.3 is 9.80 Å². The maximum absolute atomic E-state index is 15.7. The maximum Gasteiger partial charge on any atom is 0.110 e. The zero-order valence-corrected chi connectivity index (χ0v) is 23.2. The quantitative estimate of drug-likeness (QED) is 0.257. The van der Waals surface area contributed by atoms with Crippen LogP contribution >= 0.6 is 0 Å². The first-order valence-electron chi connectivity index (χ1n) is 14.4. The molecular weight excluding hydrogens is 517 g/mol. The third-order valence-corrected chi connectivity index (χ3v) is 9.43. The van der Waals surface area contributed by atoms with Gasteiger partial charge in [0.25, 0.3) is 0 Å². The largest absolute Gasteiger partial charge is 0.332 e. The van der Waals surface area contributed by atoms with Crippen molar-refractivity contribution in [3.63, 3.8) is 0 Å². The van der Waals surface area contributed by atoms with E-state index in [2.05, 4.69) is 120 Å². The van der Waals surface area contributed by atoms with Crippen LogP contribution in [0.5, 0.6) is 0 Å². The summed E-state index contributed by atoms with van der Waals surface area (Å²) < 4.78 is 15.7. The second-order valence-electron chi connectivity index (χ2n) is 11.5. The number of anilines is 4. The summed E-state index contributed by atoms with van der Waals surface area (Å²) in [6.07, 6.45) is 12.1. The van der Waals surface area contributed by atoms with Gasteiger partial charge in [0.1, 0.15) is 11.9 Å². The van der Waals surface area contributed by atoms with Crippen LogP contribution in [0.4, 0.5) is 27.1 Å². The minimum atomic E-state index is -0.451. The summed E-state index contributed by atoms with van der Waals surface area (Å²) in [6, 6.07) is 35.3. The van der Waals surface area contributed by atoms with Crippen molar-refractivity contribution in [2.45, 2.75) is 30.3 Å². The van der Waals surface area contributed by atoms with Gasteiger partial charge in [0.2, 0.25) is 0 Å². The zero-order chi connectivity index (χ0) is 28.4. The lowest BCUT2D eigenvalue weighted by molar-refractivity contribution is 0.523. The molecule has 8 rings (SSSR count). The molecule has 0 fully saturated rings. The van der Waals surface area contributed by atoms with Gasteiger partial charge in [0.05, 0.1) is 28.7 Å². The number of halogens is 1. The molecule has 0 amide bonds. The van der Waals surface area contributed by atoms with Crippen LogP contribution in [0.2, 0.25) is 0 Å². The topological polar surface area (TPSA) is 30.3 Å². The van der Waals surface area contributed by atoms with E-state index in [1.165, 1.54) is 16.8 Å². The third-order valence-electron chi connectivity index (χ3n) is 9.43. The number of hydrogen-bond acceptors (Lipinski definition) is 3. The molecule has 0 aromatic heterocycles. The lowest BCUT2D eigenvalue weighted by atomic mass is 9.71. The highest BCUT2D eigenvalue weighted by atomic mass is 19.1. The lowest BCUT2D eigenvalue weighted by Crippen LogP contribution is -2.46. The Morgan fingerprint density at radius 2 is 1.48 bits per heavy atom. The number of rotatable bonds is 3. The molecule has 3 nitrogen and oxygen atoms in total. The Morgan fingerprint density at radius 1 is 0.762 bits per heavy atom. The van der Waals surface area contributed by atoms with Crippen molar-refractivity contribution in [1.82, 2.24) is 0 Å². The smallest absolute Gasteiger partial charge is 0.110 e. The predicted octanol–water partition coefficient (Wildman–Crippen LogP) is 9.23. The number of para-hydroxylation sites is 4. The van der Waals surface area contributed by atoms with Crippen molar-refractivity contribution in [2.24, 2.45) is 0 Å². The molecule has 2 aliphatic carbocycles. The summed E-state index contributed by atoms with van der Waals surface area (Å²) in [5, 5.41) is 10.1. The van der Waals surface area contributed by atoms with E-state index < -0.39 is 11.5 Å². The highest BCUT2D eigenvalue weighted by Crippen LogP contribution is 2.61. The Labute approximate surface area is 245 Å². The SMILES string of the molecule is CC12C(=CC=CC1c1cccc3c1N(c1ccccc1C#N)C1C=CC=C(F)C31)c1ccccc1N2c1ccccc1. The fraction of sp³-hybridized carbons (Fsp3) is 0.132. The van der Waals surface area contributed by atoms with Crippen molar-refractivity contribution in [1.29, 1.82) is 5.26 Å². The number of nitrogens with zero attached hydrogens (tertiary/aromatic N) is 3. The second kappa shape index (κ2) is 9.19. The first kappa shape index (κ1) is 24.6. The molecule has 0 saturated heterocycles. The van der Waals surface area contributed by atoms with Gasteiger partial charge in [0.15, 0.2) is 0 Å². The summed E-state index contributed by atoms with van der Waals surface area (Å²) in [5.74, 6) is -0.644. The summed E-state index contributed by atoms with van der Waals surface area (Å²) in [7, 11) is 0. The number of benzene rings is 4. The van der Waals surface area contributed by atoms with Crippen LogP contribution in [0, 0.1) is 11.3 Å². The minimum Gasteiger partial charge on any atom is -0.332 e. The first-order chi connectivity index (χ1) is 20.6. The molecule has 0 saturated carbocycles. The van der Waals surface area contributed by atoms with Crippen molar-refractivity contribution in [3.8, 4) is 6.07 Å². The van der Waals surface area contributed by atoms with Crippen LogP contribution in [-0.4, -0.2) is 11.6 Å². The minimum absolute atomic E-state index is 0.0621. The van der Waals surface area contributed by atoms with Crippen LogP contribution in [0.1, 0.15) is 41.0 Å². The van der Waals surface area contributed by atoms with E-state index in [1.807, 2.05) is 24.3 Å². The van der Waals surface area contributed by atoms with E-state index in [-0.39, 0.29) is 17.8 Å². The Balaban J connectivity index is 1.39. The van der Waals surface area contributed by atoms with E-state index in [0.717, 1.165) is 28.2 Å². The van der Waals surface area contributed by atoms with Crippen LogP contribution < -0.4 is 9.80 Å². The van der Waals surface area contributed by atoms with Gasteiger partial charge in [-0.15, -0.1) is 0 Å². The summed E-state index contributed by atoms with van der Waals surface area (Å²) in [4.78, 5) is 4.68. The molecule has 202 valence electrons. The zero-order valence-electron chi connectivity index (χ0n) is 23.2. The first-order valence-corrected chi connectivity index (χ1v) is 14.4. The van der Waals surface area contributed by atoms with Crippen LogP contribution in [-0.2, 0) is 0 Å². The fourth-order valence-corrected chi connectivity index (χ4v) is 7.72. The van der Waals surface area contributed by atoms with Gasteiger partial charge in [0, 0.05) is 28.5 Å². The summed E-state index contributed by atoms with van der Waals surface area (Å²) >= 11 is 0. The molecule has 0 radical (unpaired) electrons. The molecular formula is C38H28FN3. The van der Waals surface area contributed by atoms with E-state index in [4.69, 9.17) is 0 Å². The number of hydrogen-bond donors (Lipinski definition) is 0. The van der Waals surface area contributed by atoms with Crippen LogP contribution in [0.25, 0.3) is 5.57 Å². The van der Waals surface area contributed by atoms with E-state index in [9.17, 15) is 5.26 Å². The van der Waals surface area contributed by atoms with Gasteiger partial charge in [-0.25, -0.2) is 4.39 Å². The highest BCUT2D eigenvalue weighted by molar-refractivity contribution is 5.98. The molecule has 4 heteroatoms. The molecule has 4 aliphatic rings. The predicted molar refractivity (Wildman–Crippen MR) is 168 cm³/mol. The molecule has 0 bridgehead atoms. The van der Waals surface area contributed by atoms with Crippen LogP contribution in [0.15, 0.2) is 139 Å². The second-order valence-corrected chi connectivity index (χ2v) is 11.5. The van der Waals surface area contributed by atoms with Gasteiger partial charge >= 0.3 is 0 Å². The molecule has 42 heavy (non-hydrogen) atoms. The molecule has 0 N–H and O–H groups in total. The van der Waals surface area contributed by atoms with Crippen molar-refractivity contribution in [2.75, 3.05) is 9.80 Å². The monoisotopic (exact) mass is 545 g/mol. The Hall–Kier alpha value is -5.14. The number of fused-ring (bicyclic) bond motifs is 6. The molecule has 4 aromatic carbocycles. The maximum atomic E-state index is 15.7. The molecule has 4 atom stereocenters. The van der Waals surface area contributed by atoms with Crippen molar-refractivity contribution in [3.05, 3.63) is 162 Å². The van der Waals surface area contributed by atoms with E-state index in [1.54, 1.807) is 12.2 Å². The molecule has 4 aromatic rings. The number of allylic oxidation sites excluding steroid dienone is 4. The Morgan fingerprint density at radius 3 is 2.31 bits per heavy atom. The normalized spacial score (nSPS) is 24.7. The molecule has 2 heterocycles. The van der Waals surface area contributed by atoms with Gasteiger partial charge in [-0.1, -0.05) is 97.1 Å². The highest BCUT2D eigenvalue weighted by Gasteiger charge is 2.53. The number of nitriles is 1. The summed E-state index contributed by atoms with van der Waals surface area (Å²) in [6.45, 7) is 2.33. The van der Waals surface area contributed by atoms with Crippen molar-refractivity contribution >= 4 is 28.3 Å². The Kier molecular flexibility index (Phi) is 5.39. The van der Waals surface area contributed by atoms with Crippen molar-refractivity contribution < 1.29 is 4.39 Å². The van der Waals surface area contributed by atoms with Crippen LogP contribution in [0.3, 0.4) is 0 Å². The molecule has 0 spiro atoms. The molecule has 4 unspecified atom stereocenters. The standard InChI is InChI=1S/C38H28FN3/c1-38-30(27-15-6-8-22-34(27)42(38)26-13-3-2-4-14-26)18-10-19-31(38)28-16-9-17-29-36-32(39)20-11-23-35(36)41(37(28)29)33-21-7-5-12-25(33)24-40/h2-23,31,35-36H,1H3. The Bertz CT molecular complexity index is 1910. The summed E-state index contributed by atoms with van der Waals surface area (Å²) in [5.41, 5.74) is 8.78. The molecule has 2 aliphatic heterocycles. The van der Waals surface area contributed by atoms with E-state index in [0.29, 0.717) is 5.56 Å². The van der Waals surface area contributed by atoms with E-state index >= 15 is 4.39 Å². The fourth-order valence-electron chi connectivity index (χ4n) is 7.72. The van der Waals surface area contributed by atoms with Gasteiger partial charge in [-0.05, 0) is 60.0 Å². The average Bonchev–Trinajstić information content (AvgIpc) is 3.51.